The van der Waals surface area contributed by atoms with Crippen LogP contribution in [-0.2, 0) is 0 Å². The minimum absolute atomic E-state index is 0.195. The first kappa shape index (κ1) is 12.5. The van der Waals surface area contributed by atoms with Crippen LogP contribution in [0, 0.1) is 11.3 Å². The molecule has 86 valence electrons. The van der Waals surface area contributed by atoms with Crippen LogP contribution in [-0.4, -0.2) is 34.7 Å². The molecule has 0 heterocycles. The van der Waals surface area contributed by atoms with Crippen LogP contribution < -0.4 is 0 Å². The van der Waals surface area contributed by atoms with Gasteiger partial charge in [0.05, 0.1) is 12.2 Å². The maximum absolute atomic E-state index is 9.96. The highest BCUT2D eigenvalue weighted by molar-refractivity contribution is 4.86. The number of aliphatic hydroxyl groups is 1. The number of nitriles is 1. The third kappa shape index (κ3) is 3.48. The average Bonchev–Trinajstić information content (AvgIpc) is 2.20. The molecule has 0 aliphatic heterocycles. The highest BCUT2D eigenvalue weighted by Crippen LogP contribution is 2.24. The van der Waals surface area contributed by atoms with E-state index in [1.54, 1.807) is 0 Å². The molecule has 1 N–H and O–H groups in total. The number of rotatable bonds is 4. The monoisotopic (exact) mass is 210 g/mol. The van der Waals surface area contributed by atoms with E-state index >= 15 is 0 Å². The summed E-state index contributed by atoms with van der Waals surface area (Å²) in [6.45, 7) is 5.06. The van der Waals surface area contributed by atoms with Gasteiger partial charge in [0.2, 0.25) is 0 Å². The molecule has 1 rings (SSSR count). The van der Waals surface area contributed by atoms with Gasteiger partial charge in [0.15, 0.2) is 0 Å². The van der Waals surface area contributed by atoms with E-state index in [1.807, 2.05) is 0 Å². The Hall–Kier alpha value is -0.590. The lowest BCUT2D eigenvalue weighted by Gasteiger charge is -2.39. The third-order valence-electron chi connectivity index (χ3n) is 3.27. The summed E-state index contributed by atoms with van der Waals surface area (Å²) in [4.78, 5) is 2.28. The molecule has 1 saturated carbocycles. The van der Waals surface area contributed by atoms with Gasteiger partial charge in [-0.3, -0.25) is 4.90 Å². The van der Waals surface area contributed by atoms with E-state index in [0.717, 1.165) is 25.8 Å². The van der Waals surface area contributed by atoms with Crippen LogP contribution in [0.1, 0.15) is 46.0 Å². The normalized spacial score (nSPS) is 26.9. The average molecular weight is 210 g/mol. The van der Waals surface area contributed by atoms with Gasteiger partial charge in [0, 0.05) is 25.0 Å². The molecular formula is C12H22N2O. The Morgan fingerprint density at radius 1 is 1.40 bits per heavy atom. The van der Waals surface area contributed by atoms with Crippen molar-refractivity contribution in [3.63, 3.8) is 0 Å². The van der Waals surface area contributed by atoms with E-state index in [1.165, 1.54) is 6.42 Å². The SMILES string of the molecule is CC(C)N(CCC#N)[C@H]1CCCC[C@@H]1O. The Morgan fingerprint density at radius 3 is 2.60 bits per heavy atom. The summed E-state index contributed by atoms with van der Waals surface area (Å²) in [6.07, 6.45) is 4.70. The summed E-state index contributed by atoms with van der Waals surface area (Å²) in [5, 5.41) is 18.6. The molecule has 3 heteroatoms. The minimum atomic E-state index is -0.195. The summed E-state index contributed by atoms with van der Waals surface area (Å²) >= 11 is 0. The van der Waals surface area contributed by atoms with Crippen LogP contribution in [0.25, 0.3) is 0 Å². The third-order valence-corrected chi connectivity index (χ3v) is 3.27. The topological polar surface area (TPSA) is 47.3 Å². The highest BCUT2D eigenvalue weighted by Gasteiger charge is 2.29. The van der Waals surface area contributed by atoms with Gasteiger partial charge in [-0.25, -0.2) is 0 Å². The zero-order valence-corrected chi connectivity index (χ0v) is 9.82. The quantitative estimate of drug-likeness (QED) is 0.771. The predicted octanol–water partition coefficient (Wildman–Crippen LogP) is 1.91. The van der Waals surface area contributed by atoms with Crippen molar-refractivity contribution < 1.29 is 5.11 Å². The molecule has 15 heavy (non-hydrogen) atoms. The first-order valence-corrected chi connectivity index (χ1v) is 5.97. The van der Waals surface area contributed by atoms with E-state index in [2.05, 4.69) is 24.8 Å². The fourth-order valence-electron chi connectivity index (χ4n) is 2.46. The van der Waals surface area contributed by atoms with Crippen molar-refractivity contribution in [2.45, 2.75) is 64.1 Å². The lowest BCUT2D eigenvalue weighted by Crippen LogP contribution is -2.49. The van der Waals surface area contributed by atoms with Crippen LogP contribution >= 0.6 is 0 Å². The van der Waals surface area contributed by atoms with E-state index in [9.17, 15) is 5.11 Å². The predicted molar refractivity (Wildman–Crippen MR) is 60.3 cm³/mol. The van der Waals surface area contributed by atoms with Gasteiger partial charge in [0.25, 0.3) is 0 Å². The molecular weight excluding hydrogens is 188 g/mol. The molecule has 0 amide bonds. The molecule has 1 aliphatic rings. The summed E-state index contributed by atoms with van der Waals surface area (Å²) < 4.78 is 0. The molecule has 1 aliphatic carbocycles. The Kier molecular flexibility index (Phi) is 5.07. The molecule has 0 saturated heterocycles. The molecule has 0 spiro atoms. The van der Waals surface area contributed by atoms with E-state index in [4.69, 9.17) is 5.26 Å². The van der Waals surface area contributed by atoms with Crippen molar-refractivity contribution in [1.82, 2.24) is 4.90 Å². The molecule has 0 aromatic carbocycles. The van der Waals surface area contributed by atoms with Crippen molar-refractivity contribution in [1.29, 1.82) is 5.26 Å². The summed E-state index contributed by atoms with van der Waals surface area (Å²) in [5.74, 6) is 0. The Bertz CT molecular complexity index is 222. The zero-order valence-electron chi connectivity index (χ0n) is 9.82. The van der Waals surface area contributed by atoms with Crippen molar-refractivity contribution in [3.8, 4) is 6.07 Å². The van der Waals surface area contributed by atoms with Gasteiger partial charge in [-0.05, 0) is 26.7 Å². The van der Waals surface area contributed by atoms with Gasteiger partial charge in [-0.2, -0.15) is 5.26 Å². The van der Waals surface area contributed by atoms with Gasteiger partial charge >= 0.3 is 0 Å². The molecule has 0 aromatic heterocycles. The fourth-order valence-corrected chi connectivity index (χ4v) is 2.46. The van der Waals surface area contributed by atoms with E-state index in [0.29, 0.717) is 12.5 Å². The van der Waals surface area contributed by atoms with Gasteiger partial charge in [-0.1, -0.05) is 12.8 Å². The lowest BCUT2D eigenvalue weighted by molar-refractivity contribution is 0.00602. The van der Waals surface area contributed by atoms with Gasteiger partial charge < -0.3 is 5.11 Å². The van der Waals surface area contributed by atoms with Crippen molar-refractivity contribution >= 4 is 0 Å². The Balaban J connectivity index is 2.57. The Morgan fingerprint density at radius 2 is 2.07 bits per heavy atom. The number of hydrogen-bond acceptors (Lipinski definition) is 3. The number of nitrogens with zero attached hydrogens (tertiary/aromatic N) is 2. The molecule has 0 aromatic rings. The van der Waals surface area contributed by atoms with E-state index < -0.39 is 0 Å². The second-order valence-electron chi connectivity index (χ2n) is 4.66. The second kappa shape index (κ2) is 6.09. The van der Waals surface area contributed by atoms with Crippen LogP contribution in [0.2, 0.25) is 0 Å². The highest BCUT2D eigenvalue weighted by atomic mass is 16.3. The zero-order chi connectivity index (χ0) is 11.3. The van der Waals surface area contributed by atoms with Gasteiger partial charge in [-0.15, -0.1) is 0 Å². The number of hydrogen-bond donors (Lipinski definition) is 1. The molecule has 0 unspecified atom stereocenters. The first-order chi connectivity index (χ1) is 7.16. The standard InChI is InChI=1S/C12H22N2O/c1-10(2)14(9-5-8-13)11-6-3-4-7-12(11)15/h10-12,15H,3-7,9H2,1-2H3/t11-,12-/m0/s1. The van der Waals surface area contributed by atoms with Crippen LogP contribution in [0.15, 0.2) is 0 Å². The summed E-state index contributed by atoms with van der Waals surface area (Å²) in [7, 11) is 0. The lowest BCUT2D eigenvalue weighted by atomic mass is 9.90. The van der Waals surface area contributed by atoms with Crippen LogP contribution in [0.4, 0.5) is 0 Å². The molecule has 1 fully saturated rings. The van der Waals surface area contributed by atoms with Crippen molar-refractivity contribution in [3.05, 3.63) is 0 Å². The van der Waals surface area contributed by atoms with Crippen LogP contribution in [0.5, 0.6) is 0 Å². The Labute approximate surface area is 92.7 Å². The summed E-state index contributed by atoms with van der Waals surface area (Å²) in [5.41, 5.74) is 0. The number of aliphatic hydroxyl groups excluding tert-OH is 1. The van der Waals surface area contributed by atoms with Gasteiger partial charge in [0.1, 0.15) is 0 Å². The van der Waals surface area contributed by atoms with Crippen molar-refractivity contribution in [2.24, 2.45) is 0 Å². The molecule has 2 atom stereocenters. The van der Waals surface area contributed by atoms with E-state index in [-0.39, 0.29) is 12.1 Å². The molecule has 3 nitrogen and oxygen atoms in total. The van der Waals surface area contributed by atoms with Crippen molar-refractivity contribution in [2.75, 3.05) is 6.54 Å². The maximum atomic E-state index is 9.96. The smallest absolute Gasteiger partial charge is 0.0695 e. The maximum Gasteiger partial charge on any atom is 0.0695 e. The van der Waals surface area contributed by atoms with Crippen LogP contribution in [0.3, 0.4) is 0 Å². The fraction of sp³-hybridized carbons (Fsp3) is 0.917. The second-order valence-corrected chi connectivity index (χ2v) is 4.66. The minimum Gasteiger partial charge on any atom is -0.391 e. The summed E-state index contributed by atoms with van der Waals surface area (Å²) in [6, 6.07) is 2.87. The molecule has 0 radical (unpaired) electrons. The largest absolute Gasteiger partial charge is 0.391 e. The molecule has 0 bridgehead atoms. The first-order valence-electron chi connectivity index (χ1n) is 5.97.